The molecule has 0 atom stereocenters. The van der Waals surface area contributed by atoms with Crippen molar-refractivity contribution in [3.63, 3.8) is 0 Å². The lowest BCUT2D eigenvalue weighted by atomic mass is 10.2. The van der Waals surface area contributed by atoms with Crippen LogP contribution in [-0.2, 0) is 7.05 Å². The summed E-state index contributed by atoms with van der Waals surface area (Å²) in [7, 11) is 1.91. The Morgan fingerprint density at radius 2 is 1.83 bits per heavy atom. The van der Waals surface area contributed by atoms with Crippen LogP contribution in [0.1, 0.15) is 5.82 Å². The molecular weight excluding hydrogens is 375 g/mol. The second kappa shape index (κ2) is 5.94. The molecule has 0 N–H and O–H groups in total. The molecule has 0 spiro atoms. The van der Waals surface area contributed by atoms with Gasteiger partial charge in [-0.25, -0.2) is 9.97 Å². The van der Waals surface area contributed by atoms with E-state index in [9.17, 15) is 13.2 Å². The summed E-state index contributed by atoms with van der Waals surface area (Å²) in [5.74, 6) is 1.44. The molecule has 1 aliphatic heterocycles. The molecule has 23 heavy (non-hydrogen) atoms. The Morgan fingerprint density at radius 3 is 2.43 bits per heavy atom. The number of piperazine rings is 1. The highest BCUT2D eigenvalue weighted by molar-refractivity contribution is 9.10. The monoisotopic (exact) mass is 391 g/mol. The molecule has 0 saturated carbocycles. The van der Waals surface area contributed by atoms with Gasteiger partial charge in [0.1, 0.15) is 17.3 Å². The predicted octanol–water partition coefficient (Wildman–Crippen LogP) is 2.72. The summed E-state index contributed by atoms with van der Waals surface area (Å²) >= 11 is 3.52. The van der Waals surface area contributed by atoms with Gasteiger partial charge in [-0.3, -0.25) is 4.90 Å². The van der Waals surface area contributed by atoms with E-state index < -0.39 is 12.7 Å². The van der Waals surface area contributed by atoms with Gasteiger partial charge in [0.2, 0.25) is 0 Å². The largest absolute Gasteiger partial charge is 0.401 e. The summed E-state index contributed by atoms with van der Waals surface area (Å²) in [6, 6.07) is 0. The molecule has 5 nitrogen and oxygen atoms in total. The first-order chi connectivity index (χ1) is 10.7. The Morgan fingerprint density at radius 1 is 1.17 bits per heavy atom. The lowest BCUT2D eigenvalue weighted by Crippen LogP contribution is -2.49. The molecule has 0 aromatic carbocycles. The Hall–Kier alpha value is -1.35. The zero-order valence-corrected chi connectivity index (χ0v) is 14.4. The van der Waals surface area contributed by atoms with Gasteiger partial charge in [-0.15, -0.1) is 0 Å². The second-order valence-corrected chi connectivity index (χ2v) is 6.61. The smallest absolute Gasteiger partial charge is 0.353 e. The van der Waals surface area contributed by atoms with E-state index in [1.54, 1.807) is 0 Å². The van der Waals surface area contributed by atoms with Crippen molar-refractivity contribution in [2.24, 2.45) is 7.05 Å². The second-order valence-electron chi connectivity index (χ2n) is 5.76. The Labute approximate surface area is 140 Å². The fourth-order valence-corrected chi connectivity index (χ4v) is 3.57. The van der Waals surface area contributed by atoms with Gasteiger partial charge >= 0.3 is 6.18 Å². The highest BCUT2D eigenvalue weighted by Crippen LogP contribution is 2.32. The zero-order valence-electron chi connectivity index (χ0n) is 12.9. The van der Waals surface area contributed by atoms with Gasteiger partial charge in [-0.2, -0.15) is 13.2 Å². The lowest BCUT2D eigenvalue weighted by molar-refractivity contribution is -0.146. The molecule has 2 aromatic rings. The topological polar surface area (TPSA) is 37.2 Å². The Bertz CT molecular complexity index is 719. The minimum absolute atomic E-state index is 0.370. The summed E-state index contributed by atoms with van der Waals surface area (Å²) in [6.07, 6.45) is -2.23. The molecule has 3 heterocycles. The molecular formula is C14H17BrF3N5. The third kappa shape index (κ3) is 3.45. The quantitative estimate of drug-likeness (QED) is 0.788. The van der Waals surface area contributed by atoms with Crippen LogP contribution < -0.4 is 4.90 Å². The molecule has 1 saturated heterocycles. The summed E-state index contributed by atoms with van der Waals surface area (Å²) in [5, 5.41) is 0.905. The minimum atomic E-state index is -4.15. The van der Waals surface area contributed by atoms with Crippen LogP contribution in [0.5, 0.6) is 0 Å². The van der Waals surface area contributed by atoms with Crippen LogP contribution in [-0.4, -0.2) is 58.3 Å². The van der Waals surface area contributed by atoms with E-state index in [0.29, 0.717) is 32.0 Å². The van der Waals surface area contributed by atoms with E-state index >= 15 is 0 Å². The Kier molecular flexibility index (Phi) is 4.26. The van der Waals surface area contributed by atoms with Crippen molar-refractivity contribution in [1.82, 2.24) is 19.4 Å². The number of rotatable bonds is 2. The molecule has 1 fully saturated rings. The maximum absolute atomic E-state index is 12.5. The van der Waals surface area contributed by atoms with E-state index in [4.69, 9.17) is 0 Å². The van der Waals surface area contributed by atoms with Crippen molar-refractivity contribution in [2.75, 3.05) is 37.6 Å². The zero-order chi connectivity index (χ0) is 16.8. The van der Waals surface area contributed by atoms with Crippen molar-refractivity contribution in [1.29, 1.82) is 0 Å². The minimum Gasteiger partial charge on any atom is -0.353 e. The van der Waals surface area contributed by atoms with Gasteiger partial charge in [-0.1, -0.05) is 0 Å². The highest BCUT2D eigenvalue weighted by Gasteiger charge is 2.32. The lowest BCUT2D eigenvalue weighted by Gasteiger charge is -2.36. The van der Waals surface area contributed by atoms with Crippen LogP contribution in [0.4, 0.5) is 19.0 Å². The molecule has 2 aromatic heterocycles. The third-order valence-electron chi connectivity index (χ3n) is 3.94. The molecule has 0 amide bonds. The van der Waals surface area contributed by atoms with E-state index in [2.05, 4.69) is 25.9 Å². The van der Waals surface area contributed by atoms with Crippen LogP contribution in [0.3, 0.4) is 0 Å². The van der Waals surface area contributed by atoms with E-state index in [1.165, 1.54) is 4.90 Å². The predicted molar refractivity (Wildman–Crippen MR) is 85.7 cm³/mol. The highest BCUT2D eigenvalue weighted by atomic mass is 79.9. The molecule has 126 valence electrons. The molecule has 1 aliphatic rings. The summed E-state index contributed by atoms with van der Waals surface area (Å²) in [5.41, 5.74) is 0.817. The van der Waals surface area contributed by atoms with Gasteiger partial charge in [0.25, 0.3) is 0 Å². The molecule has 9 heteroatoms. The van der Waals surface area contributed by atoms with E-state index in [-0.39, 0.29) is 0 Å². The number of halogens is 4. The van der Waals surface area contributed by atoms with E-state index in [1.807, 2.05) is 29.6 Å². The van der Waals surface area contributed by atoms with Gasteiger partial charge in [0.15, 0.2) is 0 Å². The standard InChI is InChI=1S/C14H17BrF3N5/c1-9-19-12-11(10(15)7-21(12)2)13(20-9)23-5-3-22(4-6-23)8-14(16,17)18/h7H,3-6,8H2,1-2H3. The number of hydrogen-bond donors (Lipinski definition) is 0. The average Bonchev–Trinajstić information content (AvgIpc) is 2.72. The van der Waals surface area contributed by atoms with Gasteiger partial charge < -0.3 is 9.47 Å². The number of alkyl halides is 3. The number of fused-ring (bicyclic) bond motifs is 1. The van der Waals surface area contributed by atoms with Crippen LogP contribution in [0, 0.1) is 6.92 Å². The van der Waals surface area contributed by atoms with Crippen molar-refractivity contribution in [3.05, 3.63) is 16.5 Å². The van der Waals surface area contributed by atoms with Gasteiger partial charge in [-0.05, 0) is 22.9 Å². The maximum Gasteiger partial charge on any atom is 0.401 e. The number of nitrogens with zero attached hydrogens (tertiary/aromatic N) is 5. The first kappa shape index (κ1) is 16.5. The van der Waals surface area contributed by atoms with Crippen molar-refractivity contribution in [2.45, 2.75) is 13.1 Å². The molecule has 0 radical (unpaired) electrons. The molecule has 3 rings (SSSR count). The van der Waals surface area contributed by atoms with Crippen molar-refractivity contribution in [3.8, 4) is 0 Å². The van der Waals surface area contributed by atoms with Gasteiger partial charge in [0, 0.05) is 43.9 Å². The summed E-state index contributed by atoms with van der Waals surface area (Å²) in [6.45, 7) is 2.74. The average molecular weight is 392 g/mol. The third-order valence-corrected chi connectivity index (χ3v) is 4.54. The SMILES string of the molecule is Cc1nc(N2CCN(CC(F)(F)F)CC2)c2c(Br)cn(C)c2n1. The molecule has 0 aliphatic carbocycles. The van der Waals surface area contributed by atoms with E-state index in [0.717, 1.165) is 21.3 Å². The molecule has 0 unspecified atom stereocenters. The van der Waals surface area contributed by atoms with Crippen molar-refractivity contribution < 1.29 is 13.2 Å². The van der Waals surface area contributed by atoms with Crippen LogP contribution in [0.15, 0.2) is 10.7 Å². The number of anilines is 1. The normalized spacial score (nSPS) is 17.2. The first-order valence-electron chi connectivity index (χ1n) is 7.28. The van der Waals surface area contributed by atoms with Crippen LogP contribution in [0.25, 0.3) is 11.0 Å². The Balaban J connectivity index is 1.85. The molecule has 0 bridgehead atoms. The number of aromatic nitrogens is 3. The fourth-order valence-electron chi connectivity index (χ4n) is 2.91. The van der Waals surface area contributed by atoms with Crippen molar-refractivity contribution >= 4 is 32.8 Å². The number of hydrogen-bond acceptors (Lipinski definition) is 4. The number of aryl methyl sites for hydroxylation is 2. The fraction of sp³-hybridized carbons (Fsp3) is 0.571. The van der Waals surface area contributed by atoms with Gasteiger partial charge in [0.05, 0.1) is 11.9 Å². The van der Waals surface area contributed by atoms with Crippen LogP contribution >= 0.6 is 15.9 Å². The summed E-state index contributed by atoms with van der Waals surface area (Å²) < 4.78 is 40.3. The van der Waals surface area contributed by atoms with Crippen LogP contribution in [0.2, 0.25) is 0 Å². The maximum atomic E-state index is 12.5. The first-order valence-corrected chi connectivity index (χ1v) is 8.07. The summed E-state index contributed by atoms with van der Waals surface area (Å²) in [4.78, 5) is 12.4.